The summed E-state index contributed by atoms with van der Waals surface area (Å²) >= 11 is 0. The molecule has 19 heavy (non-hydrogen) atoms. The highest BCUT2D eigenvalue weighted by molar-refractivity contribution is 5.90. The van der Waals surface area contributed by atoms with E-state index >= 15 is 0 Å². The van der Waals surface area contributed by atoms with E-state index < -0.39 is 5.97 Å². The molecule has 0 aliphatic carbocycles. The Hall–Kier alpha value is -1.71. The molecule has 1 aromatic rings. The van der Waals surface area contributed by atoms with Crippen molar-refractivity contribution in [2.24, 2.45) is 11.3 Å². The molecule has 4 nitrogen and oxygen atoms in total. The molecule has 0 heterocycles. The van der Waals surface area contributed by atoms with Crippen LogP contribution in [0.15, 0.2) is 18.2 Å². The fourth-order valence-corrected chi connectivity index (χ4v) is 2.12. The van der Waals surface area contributed by atoms with Gasteiger partial charge in [-0.1, -0.05) is 27.7 Å². The SMILES string of the molecule is CC(COC(=O)c1cc(O)cc(O)c1)CC(C)(C)C. The molecule has 1 rings (SSSR count). The Kier molecular flexibility index (Phi) is 4.81. The van der Waals surface area contributed by atoms with Crippen LogP contribution >= 0.6 is 0 Å². The number of carbonyl (C=O) groups excluding carboxylic acids is 1. The normalized spacial score (nSPS) is 13.1. The molecule has 0 aliphatic heterocycles. The van der Waals surface area contributed by atoms with Crippen LogP contribution in [-0.4, -0.2) is 22.8 Å². The molecule has 0 saturated heterocycles. The van der Waals surface area contributed by atoms with Crippen molar-refractivity contribution in [2.45, 2.75) is 34.1 Å². The zero-order valence-electron chi connectivity index (χ0n) is 11.9. The average Bonchev–Trinajstić information content (AvgIpc) is 2.22. The zero-order valence-corrected chi connectivity index (χ0v) is 11.9. The van der Waals surface area contributed by atoms with Gasteiger partial charge in [0.25, 0.3) is 0 Å². The van der Waals surface area contributed by atoms with Crippen molar-refractivity contribution in [1.29, 1.82) is 0 Å². The second kappa shape index (κ2) is 5.95. The molecule has 0 spiro atoms. The fourth-order valence-electron chi connectivity index (χ4n) is 2.12. The van der Waals surface area contributed by atoms with Crippen molar-refractivity contribution in [3.8, 4) is 11.5 Å². The molecule has 0 fully saturated rings. The van der Waals surface area contributed by atoms with E-state index in [-0.39, 0.29) is 28.4 Å². The molecule has 1 atom stereocenters. The predicted octanol–water partition coefficient (Wildman–Crippen LogP) is 3.33. The maximum absolute atomic E-state index is 11.8. The second-order valence-corrected chi connectivity index (χ2v) is 6.21. The van der Waals surface area contributed by atoms with E-state index in [0.717, 1.165) is 6.42 Å². The molecule has 2 N–H and O–H groups in total. The largest absolute Gasteiger partial charge is 0.508 e. The van der Waals surface area contributed by atoms with Gasteiger partial charge in [-0.05, 0) is 29.9 Å². The number of aromatic hydroxyl groups is 2. The minimum Gasteiger partial charge on any atom is -0.508 e. The van der Waals surface area contributed by atoms with Crippen molar-refractivity contribution in [3.05, 3.63) is 23.8 Å². The molecule has 1 unspecified atom stereocenters. The highest BCUT2D eigenvalue weighted by Gasteiger charge is 2.17. The van der Waals surface area contributed by atoms with Crippen LogP contribution < -0.4 is 0 Å². The minimum atomic E-state index is -0.535. The number of esters is 1. The summed E-state index contributed by atoms with van der Waals surface area (Å²) in [5, 5.41) is 18.6. The van der Waals surface area contributed by atoms with E-state index in [4.69, 9.17) is 4.74 Å². The third-order valence-corrected chi connectivity index (χ3v) is 2.60. The third kappa shape index (κ3) is 5.64. The lowest BCUT2D eigenvalue weighted by atomic mass is 9.86. The maximum atomic E-state index is 11.8. The Balaban J connectivity index is 2.56. The number of hydrogen-bond acceptors (Lipinski definition) is 4. The molecule has 1 aromatic carbocycles. The van der Waals surface area contributed by atoms with Crippen LogP contribution in [0.4, 0.5) is 0 Å². The van der Waals surface area contributed by atoms with Gasteiger partial charge in [0.2, 0.25) is 0 Å². The van der Waals surface area contributed by atoms with Gasteiger partial charge in [-0.15, -0.1) is 0 Å². The van der Waals surface area contributed by atoms with Crippen LogP contribution in [0.5, 0.6) is 11.5 Å². The summed E-state index contributed by atoms with van der Waals surface area (Å²) in [6.45, 7) is 8.76. The molecule has 0 bridgehead atoms. The van der Waals surface area contributed by atoms with E-state index in [9.17, 15) is 15.0 Å². The molecule has 4 heteroatoms. The number of phenols is 2. The molecule has 106 valence electrons. The van der Waals surface area contributed by atoms with Crippen molar-refractivity contribution < 1.29 is 19.7 Å². The van der Waals surface area contributed by atoms with Gasteiger partial charge in [-0.3, -0.25) is 0 Å². The molecule has 0 aromatic heterocycles. The molecule has 0 saturated carbocycles. The zero-order chi connectivity index (χ0) is 14.6. The molecule has 0 aliphatic rings. The van der Waals surface area contributed by atoms with Crippen molar-refractivity contribution in [1.82, 2.24) is 0 Å². The number of hydrogen-bond donors (Lipinski definition) is 2. The van der Waals surface area contributed by atoms with Crippen LogP contribution in [-0.2, 0) is 4.74 Å². The topological polar surface area (TPSA) is 66.8 Å². The molecule has 0 radical (unpaired) electrons. The summed E-state index contributed by atoms with van der Waals surface area (Å²) in [6, 6.07) is 3.71. The lowest BCUT2D eigenvalue weighted by Crippen LogP contribution is -2.17. The average molecular weight is 266 g/mol. The lowest BCUT2D eigenvalue weighted by molar-refractivity contribution is 0.0419. The van der Waals surface area contributed by atoms with Gasteiger partial charge in [-0.2, -0.15) is 0 Å². The Morgan fingerprint density at radius 3 is 2.21 bits per heavy atom. The summed E-state index contributed by atoms with van der Waals surface area (Å²) in [6.07, 6.45) is 0.950. The van der Waals surface area contributed by atoms with Crippen LogP contribution in [0.1, 0.15) is 44.5 Å². The van der Waals surface area contributed by atoms with Crippen molar-refractivity contribution in [2.75, 3.05) is 6.61 Å². The number of ether oxygens (including phenoxy) is 1. The second-order valence-electron chi connectivity index (χ2n) is 6.21. The van der Waals surface area contributed by atoms with E-state index in [1.165, 1.54) is 18.2 Å². The quantitative estimate of drug-likeness (QED) is 0.820. The van der Waals surface area contributed by atoms with Crippen LogP contribution in [0, 0.1) is 11.3 Å². The van der Waals surface area contributed by atoms with Crippen LogP contribution in [0.2, 0.25) is 0 Å². The Labute approximate surface area is 114 Å². The molecular weight excluding hydrogens is 244 g/mol. The first-order valence-corrected chi connectivity index (χ1v) is 6.37. The number of phenolic OH excluding ortho intramolecular Hbond substituents is 2. The Bertz CT molecular complexity index is 426. The standard InChI is InChI=1S/C15H22O4/c1-10(8-15(2,3)4)9-19-14(18)11-5-12(16)7-13(17)6-11/h5-7,10,16-17H,8-9H2,1-4H3. The maximum Gasteiger partial charge on any atom is 0.338 e. The first kappa shape index (κ1) is 15.3. The van der Waals surface area contributed by atoms with E-state index in [0.29, 0.717) is 6.61 Å². The summed E-state index contributed by atoms with van der Waals surface area (Å²) in [5.41, 5.74) is 0.343. The minimum absolute atomic E-state index is 0.153. The monoisotopic (exact) mass is 266 g/mol. The van der Waals surface area contributed by atoms with Crippen molar-refractivity contribution in [3.63, 3.8) is 0 Å². The van der Waals surface area contributed by atoms with E-state index in [2.05, 4.69) is 20.8 Å². The van der Waals surface area contributed by atoms with E-state index in [1.54, 1.807) is 0 Å². The predicted molar refractivity (Wildman–Crippen MR) is 73.3 cm³/mol. The third-order valence-electron chi connectivity index (χ3n) is 2.60. The first-order chi connectivity index (χ1) is 8.67. The van der Waals surface area contributed by atoms with Gasteiger partial charge in [0, 0.05) is 6.07 Å². The van der Waals surface area contributed by atoms with Gasteiger partial charge in [0.1, 0.15) is 11.5 Å². The molecular formula is C15H22O4. The van der Waals surface area contributed by atoms with Crippen LogP contribution in [0.3, 0.4) is 0 Å². The van der Waals surface area contributed by atoms with Crippen LogP contribution in [0.25, 0.3) is 0 Å². The number of benzene rings is 1. The van der Waals surface area contributed by atoms with Gasteiger partial charge in [-0.25, -0.2) is 4.79 Å². The smallest absolute Gasteiger partial charge is 0.338 e. The number of rotatable bonds is 4. The van der Waals surface area contributed by atoms with E-state index in [1.807, 2.05) is 6.92 Å². The lowest BCUT2D eigenvalue weighted by Gasteiger charge is -2.22. The Morgan fingerprint density at radius 1 is 1.21 bits per heavy atom. The fraction of sp³-hybridized carbons (Fsp3) is 0.533. The van der Waals surface area contributed by atoms with Crippen molar-refractivity contribution >= 4 is 5.97 Å². The highest BCUT2D eigenvalue weighted by atomic mass is 16.5. The molecule has 0 amide bonds. The summed E-state index contributed by atoms with van der Waals surface area (Å²) in [7, 11) is 0. The highest BCUT2D eigenvalue weighted by Crippen LogP contribution is 2.25. The van der Waals surface area contributed by atoms with Gasteiger partial charge >= 0.3 is 5.97 Å². The van der Waals surface area contributed by atoms with Gasteiger partial charge in [0.15, 0.2) is 0 Å². The first-order valence-electron chi connectivity index (χ1n) is 6.37. The van der Waals surface area contributed by atoms with Gasteiger partial charge in [0.05, 0.1) is 12.2 Å². The number of carbonyl (C=O) groups is 1. The van der Waals surface area contributed by atoms with Gasteiger partial charge < -0.3 is 14.9 Å². The summed E-state index contributed by atoms with van der Waals surface area (Å²) in [5.74, 6) is -0.591. The Morgan fingerprint density at radius 2 is 1.74 bits per heavy atom. The summed E-state index contributed by atoms with van der Waals surface area (Å²) in [4.78, 5) is 11.8. The summed E-state index contributed by atoms with van der Waals surface area (Å²) < 4.78 is 5.18.